The van der Waals surface area contributed by atoms with E-state index in [4.69, 9.17) is 9.47 Å². The Morgan fingerprint density at radius 3 is 2.50 bits per heavy atom. The van der Waals surface area contributed by atoms with E-state index in [2.05, 4.69) is 13.8 Å². The Hall–Kier alpha value is -0.0800. The maximum absolute atomic E-state index is 5.57. The van der Waals surface area contributed by atoms with E-state index in [9.17, 15) is 0 Å². The minimum Gasteiger partial charge on any atom is -0.352 e. The van der Waals surface area contributed by atoms with Crippen LogP contribution in [0.1, 0.15) is 58.8 Å². The van der Waals surface area contributed by atoms with E-state index < -0.39 is 0 Å². The lowest BCUT2D eigenvalue weighted by Gasteiger charge is -2.29. The number of ether oxygens (including phenoxy) is 2. The summed E-state index contributed by atoms with van der Waals surface area (Å²) in [7, 11) is 0. The quantitative estimate of drug-likeness (QED) is 0.611. The predicted molar refractivity (Wildman–Crippen MR) is 58.3 cm³/mol. The van der Waals surface area contributed by atoms with Gasteiger partial charge in [0.2, 0.25) is 0 Å². The largest absolute Gasteiger partial charge is 0.352 e. The second-order valence-corrected chi connectivity index (χ2v) is 4.19. The minimum absolute atomic E-state index is 0.444. The van der Waals surface area contributed by atoms with Crippen molar-refractivity contribution in [1.29, 1.82) is 0 Å². The molecular formula is C12H24O2. The molecule has 0 N–H and O–H groups in total. The van der Waals surface area contributed by atoms with Gasteiger partial charge < -0.3 is 9.47 Å². The molecule has 1 aliphatic rings. The van der Waals surface area contributed by atoms with Crippen LogP contribution >= 0.6 is 0 Å². The molecule has 0 aromatic carbocycles. The summed E-state index contributed by atoms with van der Waals surface area (Å²) in [6.07, 6.45) is 9.69. The second-order valence-electron chi connectivity index (χ2n) is 4.19. The van der Waals surface area contributed by atoms with E-state index in [1.165, 1.54) is 32.1 Å². The molecule has 0 aromatic heterocycles. The zero-order valence-corrected chi connectivity index (χ0v) is 9.63. The first-order valence-corrected chi connectivity index (χ1v) is 6.10. The highest BCUT2D eigenvalue weighted by molar-refractivity contribution is 4.68. The van der Waals surface area contributed by atoms with Gasteiger partial charge in [0.05, 0.1) is 12.2 Å². The summed E-state index contributed by atoms with van der Waals surface area (Å²) in [6, 6.07) is 0. The smallest absolute Gasteiger partial charge is 0.147 e. The van der Waals surface area contributed by atoms with Crippen molar-refractivity contribution in [1.82, 2.24) is 0 Å². The molecule has 84 valence electrons. The first kappa shape index (κ1) is 12.0. The molecule has 1 rings (SSSR count). The summed E-state index contributed by atoms with van der Waals surface area (Å²) in [4.78, 5) is 0. The Morgan fingerprint density at radius 2 is 1.79 bits per heavy atom. The zero-order chi connectivity index (χ0) is 10.2. The fourth-order valence-electron chi connectivity index (χ4n) is 1.95. The van der Waals surface area contributed by atoms with Gasteiger partial charge in [-0.25, -0.2) is 0 Å². The van der Waals surface area contributed by atoms with Crippen LogP contribution in [0, 0.1) is 0 Å². The standard InChI is InChI=1S/C12H24O2/c1-3-5-6-7-8-12-9-11(4-2)13-10-14-12/h11-12H,3-10H2,1-2H3/t11-,12-/m0/s1. The van der Waals surface area contributed by atoms with Crippen molar-refractivity contribution < 1.29 is 9.47 Å². The molecule has 14 heavy (non-hydrogen) atoms. The Balaban J connectivity index is 2.05. The fourth-order valence-corrected chi connectivity index (χ4v) is 1.95. The van der Waals surface area contributed by atoms with Gasteiger partial charge in [-0.2, -0.15) is 0 Å². The summed E-state index contributed by atoms with van der Waals surface area (Å²) >= 11 is 0. The van der Waals surface area contributed by atoms with Crippen LogP contribution in [0.4, 0.5) is 0 Å². The van der Waals surface area contributed by atoms with Gasteiger partial charge in [0, 0.05) is 0 Å². The highest BCUT2D eigenvalue weighted by atomic mass is 16.7. The van der Waals surface area contributed by atoms with Gasteiger partial charge in [0.1, 0.15) is 6.79 Å². The van der Waals surface area contributed by atoms with Crippen LogP contribution in [0.25, 0.3) is 0 Å². The van der Waals surface area contributed by atoms with E-state index >= 15 is 0 Å². The Kier molecular flexibility index (Phi) is 6.20. The van der Waals surface area contributed by atoms with Crippen molar-refractivity contribution in [2.45, 2.75) is 71.0 Å². The molecule has 0 aromatic rings. The molecular weight excluding hydrogens is 176 g/mol. The molecule has 0 amide bonds. The lowest BCUT2D eigenvalue weighted by molar-refractivity contribution is -0.177. The number of rotatable bonds is 6. The van der Waals surface area contributed by atoms with E-state index in [1.807, 2.05) is 0 Å². The molecule has 1 fully saturated rings. The molecule has 2 nitrogen and oxygen atoms in total. The van der Waals surface area contributed by atoms with Gasteiger partial charge in [0.15, 0.2) is 0 Å². The van der Waals surface area contributed by atoms with E-state index in [1.54, 1.807) is 0 Å². The lowest BCUT2D eigenvalue weighted by Crippen LogP contribution is -2.30. The topological polar surface area (TPSA) is 18.5 Å². The second kappa shape index (κ2) is 7.24. The lowest BCUT2D eigenvalue weighted by atomic mass is 10.0. The summed E-state index contributed by atoms with van der Waals surface area (Å²) < 4.78 is 11.0. The van der Waals surface area contributed by atoms with Crippen LogP contribution in [-0.4, -0.2) is 19.0 Å². The maximum atomic E-state index is 5.57. The zero-order valence-electron chi connectivity index (χ0n) is 9.63. The molecule has 0 spiro atoms. The van der Waals surface area contributed by atoms with Crippen molar-refractivity contribution in [3.8, 4) is 0 Å². The summed E-state index contributed by atoms with van der Waals surface area (Å²) in [6.45, 7) is 4.94. The molecule has 0 saturated carbocycles. The minimum atomic E-state index is 0.444. The maximum Gasteiger partial charge on any atom is 0.147 e. The van der Waals surface area contributed by atoms with Crippen molar-refractivity contribution in [3.05, 3.63) is 0 Å². The molecule has 2 atom stereocenters. The number of hydrogen-bond donors (Lipinski definition) is 0. The molecule has 0 unspecified atom stereocenters. The molecule has 0 bridgehead atoms. The van der Waals surface area contributed by atoms with Gasteiger partial charge >= 0.3 is 0 Å². The molecule has 0 radical (unpaired) electrons. The highest BCUT2D eigenvalue weighted by Gasteiger charge is 2.20. The van der Waals surface area contributed by atoms with Crippen LogP contribution in [0.15, 0.2) is 0 Å². The van der Waals surface area contributed by atoms with Crippen molar-refractivity contribution in [3.63, 3.8) is 0 Å². The van der Waals surface area contributed by atoms with Crippen LogP contribution in [-0.2, 0) is 9.47 Å². The first-order chi connectivity index (χ1) is 6.86. The van der Waals surface area contributed by atoms with Crippen molar-refractivity contribution >= 4 is 0 Å². The van der Waals surface area contributed by atoms with Gasteiger partial charge in [-0.3, -0.25) is 0 Å². The SMILES string of the molecule is CCCCCC[C@H]1C[C@H](CC)OCO1. The van der Waals surface area contributed by atoms with Gasteiger partial charge in [-0.1, -0.05) is 39.5 Å². The highest BCUT2D eigenvalue weighted by Crippen LogP contribution is 2.20. The third-order valence-corrected chi connectivity index (χ3v) is 2.97. The number of unbranched alkanes of at least 4 members (excludes halogenated alkanes) is 3. The van der Waals surface area contributed by atoms with Crippen molar-refractivity contribution in [2.75, 3.05) is 6.79 Å². The first-order valence-electron chi connectivity index (χ1n) is 6.10. The molecule has 1 saturated heterocycles. The Morgan fingerprint density at radius 1 is 1.00 bits per heavy atom. The fraction of sp³-hybridized carbons (Fsp3) is 1.00. The monoisotopic (exact) mass is 200 g/mol. The third-order valence-electron chi connectivity index (χ3n) is 2.97. The summed E-state index contributed by atoms with van der Waals surface area (Å²) in [5.41, 5.74) is 0. The Bertz CT molecular complexity index is 136. The normalized spacial score (nSPS) is 27.9. The molecule has 1 heterocycles. The van der Waals surface area contributed by atoms with Crippen LogP contribution in [0.5, 0.6) is 0 Å². The average Bonchev–Trinajstić information content (AvgIpc) is 2.25. The van der Waals surface area contributed by atoms with Crippen LogP contribution in [0.3, 0.4) is 0 Å². The van der Waals surface area contributed by atoms with Crippen LogP contribution < -0.4 is 0 Å². The molecule has 0 aliphatic carbocycles. The Labute approximate surface area is 88.0 Å². The van der Waals surface area contributed by atoms with Gasteiger partial charge in [-0.05, 0) is 19.3 Å². The summed E-state index contributed by atoms with van der Waals surface area (Å²) in [5, 5.41) is 0. The number of hydrogen-bond acceptors (Lipinski definition) is 2. The van der Waals surface area contributed by atoms with Crippen molar-refractivity contribution in [2.24, 2.45) is 0 Å². The third kappa shape index (κ3) is 4.43. The van der Waals surface area contributed by atoms with E-state index in [0.29, 0.717) is 19.0 Å². The van der Waals surface area contributed by atoms with Gasteiger partial charge in [-0.15, -0.1) is 0 Å². The van der Waals surface area contributed by atoms with E-state index in [-0.39, 0.29) is 0 Å². The van der Waals surface area contributed by atoms with E-state index in [0.717, 1.165) is 12.8 Å². The van der Waals surface area contributed by atoms with Crippen LogP contribution in [0.2, 0.25) is 0 Å². The predicted octanol–water partition coefficient (Wildman–Crippen LogP) is 3.50. The van der Waals surface area contributed by atoms with Gasteiger partial charge in [0.25, 0.3) is 0 Å². The molecule has 2 heteroatoms. The average molecular weight is 200 g/mol. The molecule has 1 aliphatic heterocycles. The summed E-state index contributed by atoms with van der Waals surface area (Å²) in [5.74, 6) is 0.